The smallest absolute Gasteiger partial charge is 0.107 e. The molecule has 1 aromatic heterocycles. The summed E-state index contributed by atoms with van der Waals surface area (Å²) in [4.78, 5) is 6.29. The van der Waals surface area contributed by atoms with E-state index < -0.39 is 0 Å². The van der Waals surface area contributed by atoms with Crippen LogP contribution in [0.15, 0.2) is 24.2 Å². The van der Waals surface area contributed by atoms with Crippen LogP contribution < -0.4 is 0 Å². The third-order valence-electron chi connectivity index (χ3n) is 2.12. The Morgan fingerprint density at radius 2 is 2.53 bits per heavy atom. The topological polar surface area (TPSA) is 36.4 Å². The molecule has 1 atom stereocenters. The zero-order valence-corrected chi connectivity index (χ0v) is 9.91. The van der Waals surface area contributed by atoms with Crippen molar-refractivity contribution in [1.29, 1.82) is 0 Å². The lowest BCUT2D eigenvalue weighted by Gasteiger charge is -2.18. The summed E-state index contributed by atoms with van der Waals surface area (Å²) >= 11 is 1.65. The summed E-state index contributed by atoms with van der Waals surface area (Å²) in [6.07, 6.45) is 5.03. The van der Waals surface area contributed by atoms with Crippen molar-refractivity contribution >= 4 is 11.3 Å². The van der Waals surface area contributed by atoms with Crippen LogP contribution in [0.1, 0.15) is 17.8 Å². The van der Waals surface area contributed by atoms with Gasteiger partial charge in [-0.2, -0.15) is 0 Å². The highest BCUT2D eigenvalue weighted by molar-refractivity contribution is 7.09. The van der Waals surface area contributed by atoms with Gasteiger partial charge in [0, 0.05) is 18.1 Å². The summed E-state index contributed by atoms with van der Waals surface area (Å²) in [5, 5.41) is 12.7. The Labute approximate surface area is 95.1 Å². The van der Waals surface area contributed by atoms with Gasteiger partial charge in [0.05, 0.1) is 12.6 Å². The minimum Gasteiger partial charge on any atom is -0.392 e. The molecule has 0 saturated heterocycles. The summed E-state index contributed by atoms with van der Waals surface area (Å²) in [7, 11) is 2.00. The Kier molecular flexibility index (Phi) is 5.53. The van der Waals surface area contributed by atoms with Gasteiger partial charge in [0.1, 0.15) is 5.01 Å². The fourth-order valence-electron chi connectivity index (χ4n) is 1.39. The molecule has 3 nitrogen and oxygen atoms in total. The molecule has 0 aliphatic rings. The molecule has 0 amide bonds. The van der Waals surface area contributed by atoms with Crippen LogP contribution in [0.2, 0.25) is 0 Å². The molecule has 0 fully saturated rings. The van der Waals surface area contributed by atoms with Crippen LogP contribution >= 0.6 is 11.3 Å². The Morgan fingerprint density at radius 1 is 1.73 bits per heavy atom. The van der Waals surface area contributed by atoms with Gasteiger partial charge in [0.15, 0.2) is 0 Å². The molecule has 1 rings (SSSR count). The molecular formula is C11H18N2OS. The maximum absolute atomic E-state index is 9.67. The summed E-state index contributed by atoms with van der Waals surface area (Å²) in [5.74, 6) is 0. The Bertz CT molecular complexity index is 274. The maximum Gasteiger partial charge on any atom is 0.107 e. The lowest BCUT2D eigenvalue weighted by Crippen LogP contribution is -2.28. The van der Waals surface area contributed by atoms with Gasteiger partial charge < -0.3 is 5.11 Å². The largest absolute Gasteiger partial charge is 0.392 e. The van der Waals surface area contributed by atoms with E-state index in [0.29, 0.717) is 6.54 Å². The zero-order valence-electron chi connectivity index (χ0n) is 9.09. The number of thiazole rings is 1. The molecule has 0 aromatic carbocycles. The van der Waals surface area contributed by atoms with Crippen LogP contribution in [0.3, 0.4) is 0 Å². The molecule has 0 aliphatic heterocycles. The van der Waals surface area contributed by atoms with Crippen molar-refractivity contribution in [3.63, 3.8) is 0 Å². The van der Waals surface area contributed by atoms with Crippen molar-refractivity contribution in [3.05, 3.63) is 29.2 Å². The molecular weight excluding hydrogens is 208 g/mol. The molecule has 1 aromatic rings. The number of rotatable bonds is 7. The second-order valence-electron chi connectivity index (χ2n) is 3.64. The molecule has 4 heteroatoms. The van der Waals surface area contributed by atoms with Crippen molar-refractivity contribution in [2.75, 3.05) is 13.6 Å². The number of allylic oxidation sites excluding steroid dienone is 1. The number of nitrogens with zero attached hydrogens (tertiary/aromatic N) is 2. The van der Waals surface area contributed by atoms with E-state index in [2.05, 4.69) is 16.5 Å². The molecule has 84 valence electrons. The van der Waals surface area contributed by atoms with E-state index in [0.717, 1.165) is 24.4 Å². The quantitative estimate of drug-likeness (QED) is 0.721. The highest BCUT2D eigenvalue weighted by Crippen LogP contribution is 2.08. The van der Waals surface area contributed by atoms with E-state index in [9.17, 15) is 5.11 Å². The number of aliphatic hydroxyl groups excluding tert-OH is 1. The van der Waals surface area contributed by atoms with Gasteiger partial charge >= 0.3 is 0 Å². The number of hydrogen-bond donors (Lipinski definition) is 1. The van der Waals surface area contributed by atoms with Crippen LogP contribution in [0.5, 0.6) is 0 Å². The monoisotopic (exact) mass is 226 g/mol. The van der Waals surface area contributed by atoms with Crippen molar-refractivity contribution in [3.8, 4) is 0 Å². The fourth-order valence-corrected chi connectivity index (χ4v) is 2.08. The lowest BCUT2D eigenvalue weighted by atomic mass is 10.2. The highest BCUT2D eigenvalue weighted by Gasteiger charge is 2.08. The first-order chi connectivity index (χ1) is 7.22. The molecule has 0 radical (unpaired) electrons. The van der Waals surface area contributed by atoms with Crippen LogP contribution in [0.25, 0.3) is 0 Å². The predicted molar refractivity (Wildman–Crippen MR) is 63.9 cm³/mol. The van der Waals surface area contributed by atoms with Crippen molar-refractivity contribution in [2.24, 2.45) is 0 Å². The van der Waals surface area contributed by atoms with E-state index in [1.165, 1.54) is 0 Å². The van der Waals surface area contributed by atoms with E-state index in [-0.39, 0.29) is 6.10 Å². The Hall–Kier alpha value is -0.710. The first-order valence-corrected chi connectivity index (χ1v) is 5.96. The number of aromatic nitrogens is 1. The normalized spacial score (nSPS) is 13.0. The van der Waals surface area contributed by atoms with Crippen molar-refractivity contribution in [1.82, 2.24) is 9.88 Å². The van der Waals surface area contributed by atoms with E-state index in [1.807, 2.05) is 24.7 Å². The standard InChI is InChI=1S/C11H18N2OS/c1-3-4-5-10(14)8-13(2)9-11-12-6-7-15-11/h3,6-7,10,14H,1,4-5,8-9H2,2H3. The maximum atomic E-state index is 9.67. The van der Waals surface area contributed by atoms with Gasteiger partial charge in [-0.15, -0.1) is 17.9 Å². The lowest BCUT2D eigenvalue weighted by molar-refractivity contribution is 0.116. The third-order valence-corrected chi connectivity index (χ3v) is 2.88. The van der Waals surface area contributed by atoms with Gasteiger partial charge in [0.25, 0.3) is 0 Å². The highest BCUT2D eigenvalue weighted by atomic mass is 32.1. The minimum atomic E-state index is -0.270. The molecule has 0 aliphatic carbocycles. The zero-order chi connectivity index (χ0) is 11.1. The molecule has 1 N–H and O–H groups in total. The SMILES string of the molecule is C=CCCC(O)CN(C)Cc1nccs1. The molecule has 15 heavy (non-hydrogen) atoms. The van der Waals surface area contributed by atoms with Gasteiger partial charge in [0.2, 0.25) is 0 Å². The molecule has 0 bridgehead atoms. The molecule has 0 spiro atoms. The third kappa shape index (κ3) is 5.06. The van der Waals surface area contributed by atoms with Crippen LogP contribution in [-0.2, 0) is 6.54 Å². The summed E-state index contributed by atoms with van der Waals surface area (Å²) in [5.41, 5.74) is 0. The fraction of sp³-hybridized carbons (Fsp3) is 0.545. The number of hydrogen-bond acceptors (Lipinski definition) is 4. The van der Waals surface area contributed by atoms with Gasteiger partial charge in [-0.25, -0.2) is 4.98 Å². The van der Waals surface area contributed by atoms with Gasteiger partial charge in [-0.1, -0.05) is 6.08 Å². The molecule has 0 saturated carbocycles. The van der Waals surface area contributed by atoms with Crippen molar-refractivity contribution < 1.29 is 5.11 Å². The van der Waals surface area contributed by atoms with Crippen LogP contribution in [-0.4, -0.2) is 34.7 Å². The van der Waals surface area contributed by atoms with Gasteiger partial charge in [-0.05, 0) is 19.9 Å². The number of aliphatic hydroxyl groups is 1. The van der Waals surface area contributed by atoms with Gasteiger partial charge in [-0.3, -0.25) is 4.90 Å². The van der Waals surface area contributed by atoms with Crippen LogP contribution in [0, 0.1) is 0 Å². The summed E-state index contributed by atoms with van der Waals surface area (Å²) < 4.78 is 0. The molecule has 1 heterocycles. The predicted octanol–water partition coefficient (Wildman–Crippen LogP) is 1.90. The average molecular weight is 226 g/mol. The van der Waals surface area contributed by atoms with Crippen molar-refractivity contribution in [2.45, 2.75) is 25.5 Å². The number of likely N-dealkylation sites (N-methyl/N-ethyl adjacent to an activating group) is 1. The summed E-state index contributed by atoms with van der Waals surface area (Å²) in [6.45, 7) is 5.14. The first kappa shape index (κ1) is 12.4. The summed E-state index contributed by atoms with van der Waals surface area (Å²) in [6, 6.07) is 0. The Morgan fingerprint density at radius 3 is 3.13 bits per heavy atom. The average Bonchev–Trinajstić information content (AvgIpc) is 2.67. The first-order valence-electron chi connectivity index (χ1n) is 5.08. The van der Waals surface area contributed by atoms with E-state index >= 15 is 0 Å². The second kappa shape index (κ2) is 6.71. The van der Waals surface area contributed by atoms with E-state index in [1.54, 1.807) is 11.3 Å². The molecule has 1 unspecified atom stereocenters. The minimum absolute atomic E-state index is 0.270. The van der Waals surface area contributed by atoms with Crippen LogP contribution in [0.4, 0.5) is 0 Å². The Balaban J connectivity index is 2.23. The second-order valence-corrected chi connectivity index (χ2v) is 4.62. The van der Waals surface area contributed by atoms with E-state index in [4.69, 9.17) is 0 Å².